The molecule has 1 amide bonds. The third-order valence-electron chi connectivity index (χ3n) is 4.52. The van der Waals surface area contributed by atoms with Crippen LogP contribution in [0.5, 0.6) is 17.2 Å². The van der Waals surface area contributed by atoms with Gasteiger partial charge < -0.3 is 19.5 Å². The van der Waals surface area contributed by atoms with Crippen molar-refractivity contribution in [1.29, 1.82) is 0 Å². The molecule has 0 aliphatic carbocycles. The van der Waals surface area contributed by atoms with Crippen molar-refractivity contribution in [2.75, 3.05) is 18.5 Å². The SMILES string of the molecule is CCOc1cc2c(cc1NC(=O)COc1c(C)cc(C)cc1C)OC(C)C2. The highest BCUT2D eigenvalue weighted by Gasteiger charge is 2.22. The van der Waals surface area contributed by atoms with Gasteiger partial charge in [0, 0.05) is 18.1 Å². The smallest absolute Gasteiger partial charge is 0.262 e. The highest BCUT2D eigenvalue weighted by Crippen LogP contribution is 2.38. The van der Waals surface area contributed by atoms with Gasteiger partial charge in [0.05, 0.1) is 12.3 Å². The van der Waals surface area contributed by atoms with Crippen molar-refractivity contribution >= 4 is 11.6 Å². The van der Waals surface area contributed by atoms with Crippen LogP contribution in [0.15, 0.2) is 24.3 Å². The number of carbonyl (C=O) groups is 1. The maximum absolute atomic E-state index is 12.5. The molecule has 1 atom stereocenters. The van der Waals surface area contributed by atoms with Gasteiger partial charge in [0.25, 0.3) is 5.91 Å². The van der Waals surface area contributed by atoms with Crippen LogP contribution >= 0.6 is 0 Å². The maximum atomic E-state index is 12.5. The number of amides is 1. The molecule has 1 aliphatic heterocycles. The third-order valence-corrected chi connectivity index (χ3v) is 4.52. The Labute approximate surface area is 160 Å². The van der Waals surface area contributed by atoms with Gasteiger partial charge in [0.15, 0.2) is 6.61 Å². The summed E-state index contributed by atoms with van der Waals surface area (Å²) >= 11 is 0. The number of rotatable bonds is 6. The molecule has 1 aliphatic rings. The summed E-state index contributed by atoms with van der Waals surface area (Å²) in [6.45, 7) is 10.4. The summed E-state index contributed by atoms with van der Waals surface area (Å²) in [6.07, 6.45) is 0.981. The molecular formula is C22H27NO4. The summed E-state index contributed by atoms with van der Waals surface area (Å²) in [5.41, 5.74) is 4.93. The molecule has 0 bridgehead atoms. The highest BCUT2D eigenvalue weighted by molar-refractivity contribution is 5.93. The van der Waals surface area contributed by atoms with E-state index in [1.54, 1.807) is 0 Å². The average molecular weight is 369 g/mol. The minimum Gasteiger partial charge on any atom is -0.492 e. The van der Waals surface area contributed by atoms with Crippen molar-refractivity contribution in [3.05, 3.63) is 46.5 Å². The zero-order valence-electron chi connectivity index (χ0n) is 16.6. The Kier molecular flexibility index (Phi) is 5.59. The average Bonchev–Trinajstić information content (AvgIpc) is 2.93. The van der Waals surface area contributed by atoms with E-state index in [1.807, 2.05) is 58.9 Å². The first kappa shape index (κ1) is 19.1. The Balaban J connectivity index is 1.72. The maximum Gasteiger partial charge on any atom is 0.262 e. The van der Waals surface area contributed by atoms with E-state index in [9.17, 15) is 4.79 Å². The zero-order chi connectivity index (χ0) is 19.6. The standard InChI is InChI=1S/C22H27NO4/c1-6-25-20-10-17-9-16(5)27-19(17)11-18(20)23-21(24)12-26-22-14(3)7-13(2)8-15(22)4/h7-8,10-11,16H,6,9,12H2,1-5H3,(H,23,24). The van der Waals surface area contributed by atoms with Gasteiger partial charge in [-0.15, -0.1) is 0 Å². The second-order valence-corrected chi connectivity index (χ2v) is 7.09. The molecule has 0 aromatic heterocycles. The van der Waals surface area contributed by atoms with E-state index in [2.05, 4.69) is 5.32 Å². The van der Waals surface area contributed by atoms with Gasteiger partial charge in [-0.25, -0.2) is 0 Å². The van der Waals surface area contributed by atoms with Crippen molar-refractivity contribution in [3.8, 4) is 17.2 Å². The van der Waals surface area contributed by atoms with Crippen molar-refractivity contribution in [2.45, 2.75) is 47.1 Å². The lowest BCUT2D eigenvalue weighted by atomic mass is 10.1. The first-order chi connectivity index (χ1) is 12.9. The Bertz CT molecular complexity index is 837. The molecule has 0 spiro atoms. The number of nitrogens with one attached hydrogen (secondary N) is 1. The van der Waals surface area contributed by atoms with Gasteiger partial charge in [-0.2, -0.15) is 0 Å². The van der Waals surface area contributed by atoms with E-state index in [0.717, 1.165) is 34.6 Å². The Morgan fingerprint density at radius 1 is 1.15 bits per heavy atom. The molecule has 3 rings (SSSR count). The molecule has 2 aromatic carbocycles. The summed E-state index contributed by atoms with van der Waals surface area (Å²) in [4.78, 5) is 12.5. The Hall–Kier alpha value is -2.69. The Morgan fingerprint density at radius 3 is 2.52 bits per heavy atom. The number of anilines is 1. The minimum absolute atomic E-state index is 0.0648. The molecule has 5 heteroatoms. The molecule has 1 heterocycles. The number of carbonyl (C=O) groups excluding carboxylic acids is 1. The molecule has 0 saturated carbocycles. The number of ether oxygens (including phenoxy) is 3. The Morgan fingerprint density at radius 2 is 1.85 bits per heavy atom. The van der Waals surface area contributed by atoms with Crippen LogP contribution < -0.4 is 19.5 Å². The summed E-state index contributed by atoms with van der Waals surface area (Å²) in [6, 6.07) is 7.88. The fourth-order valence-electron chi connectivity index (χ4n) is 3.53. The normalized spacial score (nSPS) is 15.1. The molecule has 1 unspecified atom stereocenters. The number of hydrogen-bond donors (Lipinski definition) is 1. The van der Waals surface area contributed by atoms with E-state index in [0.29, 0.717) is 18.0 Å². The van der Waals surface area contributed by atoms with Gasteiger partial charge in [0.1, 0.15) is 23.4 Å². The zero-order valence-corrected chi connectivity index (χ0v) is 16.6. The lowest BCUT2D eigenvalue weighted by Crippen LogP contribution is -2.21. The number of hydrogen-bond acceptors (Lipinski definition) is 4. The van der Waals surface area contributed by atoms with Crippen molar-refractivity contribution in [1.82, 2.24) is 0 Å². The molecule has 27 heavy (non-hydrogen) atoms. The molecule has 2 aromatic rings. The third kappa shape index (κ3) is 4.35. The van der Waals surface area contributed by atoms with Crippen LogP contribution in [-0.2, 0) is 11.2 Å². The first-order valence-corrected chi connectivity index (χ1v) is 9.34. The number of aryl methyl sites for hydroxylation is 3. The highest BCUT2D eigenvalue weighted by atomic mass is 16.5. The number of benzene rings is 2. The quantitative estimate of drug-likeness (QED) is 0.822. The molecule has 0 fully saturated rings. The van der Waals surface area contributed by atoms with Crippen LogP contribution in [0.3, 0.4) is 0 Å². The van der Waals surface area contributed by atoms with Crippen LogP contribution in [0.25, 0.3) is 0 Å². The summed E-state index contributed by atoms with van der Waals surface area (Å²) in [5.74, 6) is 1.98. The van der Waals surface area contributed by atoms with E-state index in [4.69, 9.17) is 14.2 Å². The van der Waals surface area contributed by atoms with Gasteiger partial charge in [-0.3, -0.25) is 4.79 Å². The molecular weight excluding hydrogens is 342 g/mol. The van der Waals surface area contributed by atoms with E-state index < -0.39 is 0 Å². The van der Waals surface area contributed by atoms with E-state index >= 15 is 0 Å². The fraction of sp³-hybridized carbons (Fsp3) is 0.409. The van der Waals surface area contributed by atoms with Crippen molar-refractivity contribution in [2.24, 2.45) is 0 Å². The monoisotopic (exact) mass is 369 g/mol. The van der Waals surface area contributed by atoms with Crippen molar-refractivity contribution in [3.63, 3.8) is 0 Å². The molecule has 144 valence electrons. The fourth-order valence-corrected chi connectivity index (χ4v) is 3.53. The molecule has 1 N–H and O–H groups in total. The molecule has 0 saturated heterocycles. The second kappa shape index (κ2) is 7.91. The van der Waals surface area contributed by atoms with Gasteiger partial charge in [0.2, 0.25) is 0 Å². The lowest BCUT2D eigenvalue weighted by molar-refractivity contribution is -0.118. The topological polar surface area (TPSA) is 56.8 Å². The van der Waals surface area contributed by atoms with Gasteiger partial charge in [-0.1, -0.05) is 17.7 Å². The first-order valence-electron chi connectivity index (χ1n) is 9.34. The summed E-state index contributed by atoms with van der Waals surface area (Å²) < 4.78 is 17.3. The van der Waals surface area contributed by atoms with Crippen LogP contribution in [-0.4, -0.2) is 25.2 Å². The van der Waals surface area contributed by atoms with Crippen LogP contribution in [0, 0.1) is 20.8 Å². The van der Waals surface area contributed by atoms with E-state index in [1.165, 1.54) is 5.56 Å². The van der Waals surface area contributed by atoms with Crippen molar-refractivity contribution < 1.29 is 19.0 Å². The van der Waals surface area contributed by atoms with Crippen LogP contribution in [0.4, 0.5) is 5.69 Å². The van der Waals surface area contributed by atoms with Crippen LogP contribution in [0.1, 0.15) is 36.1 Å². The molecule has 5 nitrogen and oxygen atoms in total. The predicted octanol–water partition coefficient (Wildman–Crippen LogP) is 4.35. The molecule has 0 radical (unpaired) electrons. The summed E-state index contributed by atoms with van der Waals surface area (Å²) in [7, 11) is 0. The largest absolute Gasteiger partial charge is 0.492 e. The van der Waals surface area contributed by atoms with E-state index in [-0.39, 0.29) is 18.6 Å². The predicted molar refractivity (Wildman–Crippen MR) is 106 cm³/mol. The lowest BCUT2D eigenvalue weighted by Gasteiger charge is -2.15. The van der Waals surface area contributed by atoms with Gasteiger partial charge in [-0.05, 0) is 51.8 Å². The summed E-state index contributed by atoms with van der Waals surface area (Å²) in [5, 5.41) is 2.89. The minimum atomic E-state index is -0.235. The number of fused-ring (bicyclic) bond motifs is 1. The van der Waals surface area contributed by atoms with Gasteiger partial charge >= 0.3 is 0 Å². The second-order valence-electron chi connectivity index (χ2n) is 7.09. The van der Waals surface area contributed by atoms with Crippen LogP contribution in [0.2, 0.25) is 0 Å².